The van der Waals surface area contributed by atoms with E-state index in [1.165, 1.54) is 0 Å². The van der Waals surface area contributed by atoms with Gasteiger partial charge in [0.1, 0.15) is 0 Å². The van der Waals surface area contributed by atoms with Gasteiger partial charge in [-0.2, -0.15) is 0 Å². The Labute approximate surface area is 106 Å². The standard InChI is InChI=1S/C9H26O3Si4/c1-9-14(12-16(6,7)8)10-13(2)11-15(3,4)5/h9,13-14H,1H2,2-8H3. The summed E-state index contributed by atoms with van der Waals surface area (Å²) < 4.78 is 17.9. The molecule has 0 spiro atoms. The summed E-state index contributed by atoms with van der Waals surface area (Å²) in [6, 6.07) is 0. The maximum atomic E-state index is 5.98. The van der Waals surface area contributed by atoms with Crippen LogP contribution in [0, 0.1) is 0 Å². The van der Waals surface area contributed by atoms with E-state index < -0.39 is 35.2 Å². The van der Waals surface area contributed by atoms with Crippen LogP contribution in [-0.2, 0) is 12.3 Å². The first-order valence-electron chi connectivity index (χ1n) is 5.67. The molecule has 0 amide bonds. The third kappa shape index (κ3) is 9.70. The molecule has 0 saturated carbocycles. The van der Waals surface area contributed by atoms with E-state index in [-0.39, 0.29) is 0 Å². The molecular weight excluding hydrogens is 268 g/mol. The van der Waals surface area contributed by atoms with Gasteiger partial charge in [0.2, 0.25) is 0 Å². The Morgan fingerprint density at radius 1 is 0.938 bits per heavy atom. The van der Waals surface area contributed by atoms with Gasteiger partial charge in [-0.05, 0) is 45.8 Å². The Hall–Kier alpha value is 0.488. The van der Waals surface area contributed by atoms with E-state index in [9.17, 15) is 0 Å². The fourth-order valence-corrected chi connectivity index (χ4v) is 11.8. The Balaban J connectivity index is 4.18. The lowest BCUT2D eigenvalue weighted by Gasteiger charge is -2.28. The van der Waals surface area contributed by atoms with Crippen LogP contribution in [0.3, 0.4) is 0 Å². The van der Waals surface area contributed by atoms with Crippen molar-refractivity contribution in [3.8, 4) is 0 Å². The topological polar surface area (TPSA) is 27.7 Å². The second kappa shape index (κ2) is 6.43. The molecule has 96 valence electrons. The molecule has 0 aliphatic rings. The Morgan fingerprint density at radius 2 is 1.38 bits per heavy atom. The van der Waals surface area contributed by atoms with Gasteiger partial charge in [0, 0.05) is 0 Å². The van der Waals surface area contributed by atoms with Crippen LogP contribution in [0.5, 0.6) is 0 Å². The van der Waals surface area contributed by atoms with Crippen molar-refractivity contribution in [1.82, 2.24) is 0 Å². The van der Waals surface area contributed by atoms with Gasteiger partial charge in [-0.3, -0.25) is 0 Å². The smallest absolute Gasteiger partial charge is 0.328 e. The fraction of sp³-hybridized carbons (Fsp3) is 0.778. The molecular formula is C9H26O3Si4. The second-order valence-electron chi connectivity index (χ2n) is 5.77. The molecule has 0 N–H and O–H groups in total. The lowest BCUT2D eigenvalue weighted by atomic mass is 11.3. The molecule has 0 saturated heterocycles. The highest BCUT2D eigenvalue weighted by atomic mass is 28.5. The minimum atomic E-state index is -1.70. The van der Waals surface area contributed by atoms with Crippen molar-refractivity contribution in [1.29, 1.82) is 0 Å². The molecule has 0 aromatic carbocycles. The third-order valence-corrected chi connectivity index (χ3v) is 12.4. The first kappa shape index (κ1) is 16.5. The molecule has 2 unspecified atom stereocenters. The van der Waals surface area contributed by atoms with Gasteiger partial charge in [-0.15, -0.1) is 6.58 Å². The lowest BCUT2D eigenvalue weighted by molar-refractivity contribution is 0.380. The average Bonchev–Trinajstić information content (AvgIpc) is 1.96. The predicted molar refractivity (Wildman–Crippen MR) is 80.3 cm³/mol. The molecule has 0 rings (SSSR count). The number of hydrogen-bond acceptors (Lipinski definition) is 3. The molecule has 0 aromatic rings. The maximum absolute atomic E-state index is 5.98. The van der Waals surface area contributed by atoms with Crippen LogP contribution in [0.2, 0.25) is 45.8 Å². The van der Waals surface area contributed by atoms with Crippen molar-refractivity contribution < 1.29 is 12.3 Å². The normalized spacial score (nSPS) is 16.9. The summed E-state index contributed by atoms with van der Waals surface area (Å²) >= 11 is 0. The molecule has 0 radical (unpaired) electrons. The third-order valence-electron chi connectivity index (χ3n) is 1.51. The van der Waals surface area contributed by atoms with Gasteiger partial charge in [0.05, 0.1) is 0 Å². The lowest BCUT2D eigenvalue weighted by Crippen LogP contribution is -2.42. The van der Waals surface area contributed by atoms with E-state index in [0.29, 0.717) is 0 Å². The highest BCUT2D eigenvalue weighted by molar-refractivity contribution is 6.80. The molecule has 0 aromatic heterocycles. The van der Waals surface area contributed by atoms with Crippen molar-refractivity contribution in [3.05, 3.63) is 12.3 Å². The van der Waals surface area contributed by atoms with Crippen LogP contribution in [0.4, 0.5) is 0 Å². The van der Waals surface area contributed by atoms with E-state index >= 15 is 0 Å². The molecule has 0 heterocycles. The monoisotopic (exact) mass is 294 g/mol. The van der Waals surface area contributed by atoms with Gasteiger partial charge in [-0.1, -0.05) is 5.70 Å². The summed E-state index contributed by atoms with van der Waals surface area (Å²) in [7, 11) is -6.24. The number of rotatable bonds is 7. The first-order valence-corrected chi connectivity index (χ1v) is 16.2. The van der Waals surface area contributed by atoms with Crippen molar-refractivity contribution in [2.24, 2.45) is 0 Å². The van der Waals surface area contributed by atoms with E-state index in [4.69, 9.17) is 12.3 Å². The Morgan fingerprint density at radius 3 is 1.69 bits per heavy atom. The van der Waals surface area contributed by atoms with Crippen molar-refractivity contribution in [3.63, 3.8) is 0 Å². The molecule has 7 heteroatoms. The van der Waals surface area contributed by atoms with Crippen LogP contribution in [-0.4, -0.2) is 35.2 Å². The van der Waals surface area contributed by atoms with Gasteiger partial charge in [0.15, 0.2) is 16.6 Å². The molecule has 3 nitrogen and oxygen atoms in total. The minimum Gasteiger partial charge on any atom is -0.439 e. The van der Waals surface area contributed by atoms with Crippen LogP contribution in [0.1, 0.15) is 0 Å². The zero-order valence-electron chi connectivity index (χ0n) is 11.7. The highest BCUT2D eigenvalue weighted by Crippen LogP contribution is 2.10. The quantitative estimate of drug-likeness (QED) is 0.675. The summed E-state index contributed by atoms with van der Waals surface area (Å²) in [5, 5.41) is 0. The average molecular weight is 295 g/mol. The van der Waals surface area contributed by atoms with Crippen LogP contribution < -0.4 is 0 Å². The van der Waals surface area contributed by atoms with Crippen LogP contribution in [0.15, 0.2) is 12.3 Å². The maximum Gasteiger partial charge on any atom is 0.328 e. The SMILES string of the molecule is C=C[SiH](O[SiH](C)O[Si](C)(C)C)O[Si](C)(C)C. The van der Waals surface area contributed by atoms with Gasteiger partial charge < -0.3 is 12.3 Å². The van der Waals surface area contributed by atoms with Gasteiger partial charge in [-0.25, -0.2) is 0 Å². The molecule has 16 heavy (non-hydrogen) atoms. The number of hydrogen-bond donors (Lipinski definition) is 0. The zero-order valence-corrected chi connectivity index (χ0v) is 16.0. The van der Waals surface area contributed by atoms with Gasteiger partial charge >= 0.3 is 9.28 Å². The molecule has 2 atom stereocenters. The van der Waals surface area contributed by atoms with E-state index in [2.05, 4.69) is 52.4 Å². The minimum absolute atomic E-state index is 1.48. The first-order chi connectivity index (χ1) is 7.03. The van der Waals surface area contributed by atoms with Crippen LogP contribution in [0.25, 0.3) is 0 Å². The largest absolute Gasteiger partial charge is 0.439 e. The van der Waals surface area contributed by atoms with E-state index in [0.717, 1.165) is 0 Å². The predicted octanol–water partition coefficient (Wildman–Crippen LogP) is 2.50. The highest BCUT2D eigenvalue weighted by Gasteiger charge is 2.26. The van der Waals surface area contributed by atoms with E-state index in [1.54, 1.807) is 0 Å². The zero-order chi connectivity index (χ0) is 13.0. The molecule has 0 bridgehead atoms. The summed E-state index contributed by atoms with van der Waals surface area (Å²) in [6.07, 6.45) is 0. The van der Waals surface area contributed by atoms with Crippen molar-refractivity contribution >= 4 is 35.2 Å². The Bertz CT molecular complexity index is 222. The summed E-state index contributed by atoms with van der Waals surface area (Å²) in [4.78, 5) is 0. The van der Waals surface area contributed by atoms with Crippen molar-refractivity contribution in [2.45, 2.75) is 45.8 Å². The molecule has 0 fully saturated rings. The molecule has 0 aliphatic heterocycles. The summed E-state index contributed by atoms with van der Waals surface area (Å²) in [5.74, 6) is 0. The van der Waals surface area contributed by atoms with Gasteiger partial charge in [0.25, 0.3) is 9.28 Å². The second-order valence-corrected chi connectivity index (χ2v) is 19.5. The summed E-state index contributed by atoms with van der Waals surface area (Å²) in [6.45, 7) is 19.0. The Kier molecular flexibility index (Phi) is 6.62. The summed E-state index contributed by atoms with van der Waals surface area (Å²) in [5.41, 5.74) is 1.86. The van der Waals surface area contributed by atoms with Crippen molar-refractivity contribution in [2.75, 3.05) is 0 Å². The fourth-order valence-electron chi connectivity index (χ4n) is 1.19. The van der Waals surface area contributed by atoms with E-state index in [1.807, 2.05) is 5.70 Å². The van der Waals surface area contributed by atoms with Crippen LogP contribution >= 0.6 is 0 Å². The molecule has 0 aliphatic carbocycles.